The third-order valence-electron chi connectivity index (χ3n) is 2.98. The number of amides is 2. The molecule has 4 nitrogen and oxygen atoms in total. The van der Waals surface area contributed by atoms with Crippen molar-refractivity contribution in [2.45, 2.75) is 38.3 Å². The molecule has 2 heterocycles. The highest BCUT2D eigenvalue weighted by Crippen LogP contribution is 2.20. The molecule has 1 atom stereocenters. The SMILES string of the molecule is CC1(C)CN(C2CCCNC2)C(=O)N1. The number of hydrogen-bond acceptors (Lipinski definition) is 2. The van der Waals surface area contributed by atoms with Gasteiger partial charge in [0.2, 0.25) is 0 Å². The molecule has 2 amide bonds. The van der Waals surface area contributed by atoms with Crippen LogP contribution in [0.25, 0.3) is 0 Å². The molecule has 2 saturated heterocycles. The van der Waals surface area contributed by atoms with Crippen LogP contribution < -0.4 is 10.6 Å². The molecule has 2 rings (SSSR count). The van der Waals surface area contributed by atoms with E-state index < -0.39 is 0 Å². The Morgan fingerprint density at radius 2 is 2.29 bits per heavy atom. The first-order valence-electron chi connectivity index (χ1n) is 5.38. The van der Waals surface area contributed by atoms with E-state index in [0.717, 1.165) is 26.1 Å². The van der Waals surface area contributed by atoms with Crippen LogP contribution in [0, 0.1) is 0 Å². The van der Waals surface area contributed by atoms with Gasteiger partial charge in [-0.25, -0.2) is 4.79 Å². The summed E-state index contributed by atoms with van der Waals surface area (Å²) >= 11 is 0. The number of urea groups is 1. The molecule has 4 heteroatoms. The molecule has 0 aromatic rings. The van der Waals surface area contributed by atoms with Crippen molar-refractivity contribution in [1.82, 2.24) is 15.5 Å². The zero-order valence-corrected chi connectivity index (χ0v) is 8.97. The molecule has 0 aromatic heterocycles. The minimum Gasteiger partial charge on any atom is -0.331 e. The third-order valence-corrected chi connectivity index (χ3v) is 2.98. The van der Waals surface area contributed by atoms with Crippen molar-refractivity contribution in [2.24, 2.45) is 0 Å². The fourth-order valence-electron chi connectivity index (χ4n) is 2.29. The first-order chi connectivity index (χ1) is 6.58. The van der Waals surface area contributed by atoms with E-state index in [9.17, 15) is 4.79 Å². The monoisotopic (exact) mass is 197 g/mol. The van der Waals surface area contributed by atoms with Crippen LogP contribution in [0.5, 0.6) is 0 Å². The van der Waals surface area contributed by atoms with Gasteiger partial charge in [-0.1, -0.05) is 0 Å². The number of carbonyl (C=O) groups is 1. The Bertz CT molecular complexity index is 234. The first kappa shape index (κ1) is 9.77. The van der Waals surface area contributed by atoms with Crippen LogP contribution in [0.1, 0.15) is 26.7 Å². The second-order valence-electron chi connectivity index (χ2n) is 4.94. The van der Waals surface area contributed by atoms with E-state index in [2.05, 4.69) is 24.5 Å². The van der Waals surface area contributed by atoms with E-state index in [0.29, 0.717) is 6.04 Å². The summed E-state index contributed by atoms with van der Waals surface area (Å²) in [4.78, 5) is 13.7. The van der Waals surface area contributed by atoms with Crippen molar-refractivity contribution in [2.75, 3.05) is 19.6 Å². The van der Waals surface area contributed by atoms with Crippen molar-refractivity contribution in [3.8, 4) is 0 Å². The van der Waals surface area contributed by atoms with Gasteiger partial charge >= 0.3 is 6.03 Å². The van der Waals surface area contributed by atoms with E-state index in [1.54, 1.807) is 0 Å². The summed E-state index contributed by atoms with van der Waals surface area (Å²) < 4.78 is 0. The lowest BCUT2D eigenvalue weighted by molar-refractivity contribution is 0.182. The smallest absolute Gasteiger partial charge is 0.318 e. The molecule has 14 heavy (non-hydrogen) atoms. The molecule has 2 aliphatic heterocycles. The summed E-state index contributed by atoms with van der Waals surface area (Å²) in [7, 11) is 0. The lowest BCUT2D eigenvalue weighted by Gasteiger charge is -2.31. The Balaban J connectivity index is 2.00. The quantitative estimate of drug-likeness (QED) is 0.644. The minimum atomic E-state index is -0.0610. The minimum absolute atomic E-state index is 0.0610. The van der Waals surface area contributed by atoms with Crippen LogP contribution in [0.3, 0.4) is 0 Å². The van der Waals surface area contributed by atoms with Crippen molar-refractivity contribution >= 4 is 6.03 Å². The molecule has 0 bridgehead atoms. The van der Waals surface area contributed by atoms with Gasteiger partial charge in [-0.05, 0) is 33.2 Å². The van der Waals surface area contributed by atoms with Crippen molar-refractivity contribution < 1.29 is 4.79 Å². The van der Waals surface area contributed by atoms with Crippen LogP contribution in [-0.2, 0) is 0 Å². The van der Waals surface area contributed by atoms with Crippen LogP contribution in [0.4, 0.5) is 4.79 Å². The predicted molar refractivity (Wildman–Crippen MR) is 55.2 cm³/mol. The average Bonchev–Trinajstić information content (AvgIpc) is 2.41. The highest BCUT2D eigenvalue weighted by molar-refractivity contribution is 5.78. The van der Waals surface area contributed by atoms with Gasteiger partial charge in [-0.15, -0.1) is 0 Å². The third kappa shape index (κ3) is 1.85. The molecule has 0 radical (unpaired) electrons. The second-order valence-corrected chi connectivity index (χ2v) is 4.94. The van der Waals surface area contributed by atoms with Crippen molar-refractivity contribution in [3.05, 3.63) is 0 Å². The summed E-state index contributed by atoms with van der Waals surface area (Å²) in [5, 5.41) is 6.34. The lowest BCUT2D eigenvalue weighted by Crippen LogP contribution is -2.47. The average molecular weight is 197 g/mol. The van der Waals surface area contributed by atoms with Gasteiger partial charge in [0.25, 0.3) is 0 Å². The summed E-state index contributed by atoms with van der Waals surface area (Å²) in [6.07, 6.45) is 2.31. The molecule has 0 aromatic carbocycles. The normalized spacial score (nSPS) is 31.7. The Morgan fingerprint density at radius 3 is 2.79 bits per heavy atom. The molecular formula is C10H19N3O. The van der Waals surface area contributed by atoms with Crippen LogP contribution in [0.15, 0.2) is 0 Å². The van der Waals surface area contributed by atoms with Gasteiger partial charge in [0.1, 0.15) is 0 Å². The lowest BCUT2D eigenvalue weighted by atomic mass is 10.0. The van der Waals surface area contributed by atoms with Gasteiger partial charge in [-0.3, -0.25) is 0 Å². The largest absolute Gasteiger partial charge is 0.331 e. The van der Waals surface area contributed by atoms with Gasteiger partial charge in [0, 0.05) is 19.1 Å². The molecule has 2 N–H and O–H groups in total. The zero-order valence-electron chi connectivity index (χ0n) is 8.97. The van der Waals surface area contributed by atoms with Crippen molar-refractivity contribution in [1.29, 1.82) is 0 Å². The number of carbonyl (C=O) groups excluding carboxylic acids is 1. The van der Waals surface area contributed by atoms with E-state index in [-0.39, 0.29) is 11.6 Å². The van der Waals surface area contributed by atoms with Gasteiger partial charge in [0.15, 0.2) is 0 Å². The molecule has 80 valence electrons. The molecule has 0 spiro atoms. The fraction of sp³-hybridized carbons (Fsp3) is 0.900. The van der Waals surface area contributed by atoms with Crippen LogP contribution in [-0.4, -0.2) is 42.1 Å². The fourth-order valence-corrected chi connectivity index (χ4v) is 2.29. The highest BCUT2D eigenvalue weighted by atomic mass is 16.2. The van der Waals surface area contributed by atoms with E-state index in [4.69, 9.17) is 0 Å². The predicted octanol–water partition coefficient (Wildman–Crippen LogP) is 0.542. The van der Waals surface area contributed by atoms with Gasteiger partial charge < -0.3 is 15.5 Å². The topological polar surface area (TPSA) is 44.4 Å². The summed E-state index contributed by atoms with van der Waals surface area (Å²) in [6, 6.07) is 0.495. The Labute approximate surface area is 85.0 Å². The summed E-state index contributed by atoms with van der Waals surface area (Å²) in [5.41, 5.74) is -0.0610. The number of nitrogens with one attached hydrogen (secondary N) is 2. The molecular weight excluding hydrogens is 178 g/mol. The molecule has 2 aliphatic rings. The number of rotatable bonds is 1. The van der Waals surface area contributed by atoms with Gasteiger partial charge in [-0.2, -0.15) is 0 Å². The number of piperidine rings is 1. The van der Waals surface area contributed by atoms with E-state index in [1.165, 1.54) is 6.42 Å². The van der Waals surface area contributed by atoms with E-state index in [1.807, 2.05) is 4.90 Å². The molecule has 1 unspecified atom stereocenters. The maximum absolute atomic E-state index is 11.7. The molecule has 2 fully saturated rings. The second kappa shape index (κ2) is 3.42. The van der Waals surface area contributed by atoms with Gasteiger partial charge in [0.05, 0.1) is 5.54 Å². The maximum atomic E-state index is 11.7. The first-order valence-corrected chi connectivity index (χ1v) is 5.38. The maximum Gasteiger partial charge on any atom is 0.318 e. The Hall–Kier alpha value is -0.770. The number of nitrogens with zero attached hydrogens (tertiary/aromatic N) is 1. The molecule has 0 aliphatic carbocycles. The summed E-state index contributed by atoms with van der Waals surface area (Å²) in [6.45, 7) is 7.01. The Kier molecular flexibility index (Phi) is 2.39. The highest BCUT2D eigenvalue weighted by Gasteiger charge is 2.38. The Morgan fingerprint density at radius 1 is 1.50 bits per heavy atom. The zero-order chi connectivity index (χ0) is 10.2. The van der Waals surface area contributed by atoms with E-state index >= 15 is 0 Å². The number of hydrogen-bond donors (Lipinski definition) is 2. The standard InChI is InChI=1S/C10H19N3O/c1-10(2)7-13(9(14)12-10)8-4-3-5-11-6-8/h8,11H,3-7H2,1-2H3,(H,12,14). The molecule has 0 saturated carbocycles. The summed E-state index contributed by atoms with van der Waals surface area (Å²) in [5.74, 6) is 0. The van der Waals surface area contributed by atoms with Crippen LogP contribution >= 0.6 is 0 Å². The van der Waals surface area contributed by atoms with Crippen LogP contribution in [0.2, 0.25) is 0 Å². The van der Waals surface area contributed by atoms with Crippen molar-refractivity contribution in [3.63, 3.8) is 0 Å².